The summed E-state index contributed by atoms with van der Waals surface area (Å²) in [5.41, 5.74) is 6.58. The monoisotopic (exact) mass is 364 g/mol. The molecule has 2 rings (SSSR count). The summed E-state index contributed by atoms with van der Waals surface area (Å²) >= 11 is 1.19. The zero-order valence-corrected chi connectivity index (χ0v) is 15.3. The molecule has 0 aliphatic rings. The van der Waals surface area contributed by atoms with Crippen LogP contribution in [0.3, 0.4) is 0 Å². The summed E-state index contributed by atoms with van der Waals surface area (Å²) in [5, 5.41) is 7.17. The number of carbonyl (C=O) groups excluding carboxylic acids is 2. The van der Waals surface area contributed by atoms with Crippen LogP contribution in [-0.4, -0.2) is 22.8 Å². The van der Waals surface area contributed by atoms with Gasteiger partial charge < -0.3 is 16.4 Å². The van der Waals surface area contributed by atoms with E-state index in [0.29, 0.717) is 16.5 Å². The van der Waals surface area contributed by atoms with Gasteiger partial charge in [-0.25, -0.2) is 9.37 Å². The predicted molar refractivity (Wildman–Crippen MR) is 97.9 cm³/mol. The average Bonchev–Trinajstić information content (AvgIpc) is 2.93. The van der Waals surface area contributed by atoms with Crippen LogP contribution in [0.1, 0.15) is 27.7 Å². The third-order valence-electron chi connectivity index (χ3n) is 3.52. The molecule has 0 unspecified atom stereocenters. The Morgan fingerprint density at radius 2 is 1.96 bits per heavy atom. The lowest BCUT2D eigenvalue weighted by Gasteiger charge is -2.25. The van der Waals surface area contributed by atoms with Crippen molar-refractivity contribution in [2.24, 2.45) is 11.1 Å². The summed E-state index contributed by atoms with van der Waals surface area (Å²) in [6, 6.07) is 3.66. The number of nitrogens with two attached hydrogens (primary N) is 1. The predicted octanol–water partition coefficient (Wildman–Crippen LogP) is 3.22. The van der Waals surface area contributed by atoms with Crippen LogP contribution in [0.2, 0.25) is 0 Å². The van der Waals surface area contributed by atoms with Crippen molar-refractivity contribution in [1.82, 2.24) is 4.98 Å². The fraction of sp³-hybridized carbons (Fsp3) is 0.353. The van der Waals surface area contributed by atoms with Crippen molar-refractivity contribution in [3.63, 3.8) is 0 Å². The lowest BCUT2D eigenvalue weighted by molar-refractivity contribution is -0.119. The van der Waals surface area contributed by atoms with Crippen molar-refractivity contribution < 1.29 is 14.0 Å². The van der Waals surface area contributed by atoms with Gasteiger partial charge in [-0.05, 0) is 23.6 Å². The Morgan fingerprint density at radius 1 is 1.28 bits per heavy atom. The molecule has 0 saturated carbocycles. The molecule has 0 fully saturated rings. The number of nitrogens with one attached hydrogen (secondary N) is 2. The van der Waals surface area contributed by atoms with Gasteiger partial charge in [-0.15, -0.1) is 11.3 Å². The number of aromatic nitrogens is 1. The summed E-state index contributed by atoms with van der Waals surface area (Å²) in [5.74, 6) is -1.13. The minimum absolute atomic E-state index is 0.277. The Balaban J connectivity index is 2.16. The number of thiazole rings is 1. The van der Waals surface area contributed by atoms with Crippen LogP contribution < -0.4 is 16.4 Å². The highest BCUT2D eigenvalue weighted by atomic mass is 32.1. The Labute approximate surface area is 149 Å². The van der Waals surface area contributed by atoms with E-state index in [2.05, 4.69) is 15.6 Å². The van der Waals surface area contributed by atoms with E-state index in [1.165, 1.54) is 30.4 Å². The van der Waals surface area contributed by atoms with Crippen LogP contribution in [0, 0.1) is 11.2 Å². The van der Waals surface area contributed by atoms with Crippen molar-refractivity contribution in [3.05, 3.63) is 29.4 Å². The molecule has 6 nitrogen and oxygen atoms in total. The number of carbonyl (C=O) groups is 2. The van der Waals surface area contributed by atoms with Crippen LogP contribution >= 0.6 is 11.3 Å². The number of halogens is 1. The van der Waals surface area contributed by atoms with Crippen LogP contribution in [0.5, 0.6) is 0 Å². The number of hydrogen-bond acceptors (Lipinski definition) is 5. The first-order chi connectivity index (χ1) is 11.6. The molecule has 0 aliphatic heterocycles. The molecule has 1 heterocycles. The maximum Gasteiger partial charge on any atom is 0.243 e. The van der Waals surface area contributed by atoms with Gasteiger partial charge in [-0.1, -0.05) is 20.8 Å². The molecule has 8 heteroatoms. The molecule has 1 aromatic heterocycles. The first-order valence-corrected chi connectivity index (χ1v) is 8.55. The molecular weight excluding hydrogens is 343 g/mol. The fourth-order valence-corrected chi connectivity index (χ4v) is 2.75. The van der Waals surface area contributed by atoms with Crippen LogP contribution in [0.25, 0.3) is 11.3 Å². The molecule has 0 aliphatic carbocycles. The average molecular weight is 364 g/mol. The quantitative estimate of drug-likeness (QED) is 0.776. The van der Waals surface area contributed by atoms with E-state index in [1.54, 1.807) is 11.4 Å². The number of rotatable bonds is 4. The molecule has 2 aromatic rings. The highest BCUT2D eigenvalue weighted by Gasteiger charge is 2.28. The van der Waals surface area contributed by atoms with E-state index in [0.717, 1.165) is 0 Å². The zero-order chi connectivity index (χ0) is 18.8. The van der Waals surface area contributed by atoms with Crippen molar-refractivity contribution in [3.8, 4) is 11.3 Å². The molecule has 0 saturated heterocycles. The Kier molecular flexibility index (Phi) is 5.54. The summed E-state index contributed by atoms with van der Waals surface area (Å²) in [4.78, 5) is 27.4. The van der Waals surface area contributed by atoms with Gasteiger partial charge in [0.15, 0.2) is 5.13 Å². The molecule has 0 bridgehead atoms. The normalized spacial score (nSPS) is 12.6. The second-order valence-electron chi connectivity index (χ2n) is 6.75. The molecule has 134 valence electrons. The second-order valence-corrected chi connectivity index (χ2v) is 7.60. The topological polar surface area (TPSA) is 97.1 Å². The van der Waals surface area contributed by atoms with Gasteiger partial charge in [-0.2, -0.15) is 0 Å². The van der Waals surface area contributed by atoms with Crippen molar-refractivity contribution in [2.45, 2.75) is 33.7 Å². The molecule has 2 amide bonds. The van der Waals surface area contributed by atoms with Gasteiger partial charge >= 0.3 is 0 Å². The van der Waals surface area contributed by atoms with Crippen molar-refractivity contribution >= 4 is 34.0 Å². The van der Waals surface area contributed by atoms with Gasteiger partial charge in [0.1, 0.15) is 5.82 Å². The van der Waals surface area contributed by atoms with Gasteiger partial charge in [0.2, 0.25) is 11.8 Å². The minimum atomic E-state index is -0.687. The number of anilines is 2. The molecule has 1 atom stereocenters. The molecule has 1 aromatic carbocycles. The van der Waals surface area contributed by atoms with E-state index in [1.807, 2.05) is 20.8 Å². The highest BCUT2D eigenvalue weighted by molar-refractivity contribution is 7.14. The first-order valence-electron chi connectivity index (χ1n) is 7.67. The smallest absolute Gasteiger partial charge is 0.243 e. The maximum absolute atomic E-state index is 14.2. The van der Waals surface area contributed by atoms with Gasteiger partial charge in [0.05, 0.1) is 11.7 Å². The molecule has 0 radical (unpaired) electrons. The summed E-state index contributed by atoms with van der Waals surface area (Å²) in [7, 11) is 0. The van der Waals surface area contributed by atoms with E-state index in [4.69, 9.17) is 5.73 Å². The van der Waals surface area contributed by atoms with E-state index in [9.17, 15) is 14.0 Å². The Bertz CT molecular complexity index is 798. The summed E-state index contributed by atoms with van der Waals surface area (Å²) in [6.07, 6.45) is 0. The van der Waals surface area contributed by atoms with Gasteiger partial charge in [0, 0.05) is 23.6 Å². The molecule has 25 heavy (non-hydrogen) atoms. The van der Waals surface area contributed by atoms with E-state index < -0.39 is 11.9 Å². The Morgan fingerprint density at radius 3 is 2.52 bits per heavy atom. The zero-order valence-electron chi connectivity index (χ0n) is 14.5. The number of nitrogens with zero attached hydrogens (tertiary/aromatic N) is 1. The number of benzene rings is 1. The first kappa shape index (κ1) is 19.0. The third kappa shape index (κ3) is 4.83. The molecular formula is C17H21FN4O2S. The van der Waals surface area contributed by atoms with Crippen LogP contribution in [-0.2, 0) is 9.59 Å². The summed E-state index contributed by atoms with van der Waals surface area (Å²) < 4.78 is 14.2. The lowest BCUT2D eigenvalue weighted by atomic mass is 9.87. The van der Waals surface area contributed by atoms with E-state index in [-0.39, 0.29) is 22.8 Å². The molecule has 0 spiro atoms. The second kappa shape index (κ2) is 7.28. The number of hydrogen-bond donors (Lipinski definition) is 3. The largest absolute Gasteiger partial charge is 0.326 e. The third-order valence-corrected chi connectivity index (χ3v) is 4.27. The lowest BCUT2D eigenvalue weighted by Crippen LogP contribution is -2.45. The van der Waals surface area contributed by atoms with E-state index >= 15 is 0 Å². The van der Waals surface area contributed by atoms with Gasteiger partial charge in [0.25, 0.3) is 0 Å². The van der Waals surface area contributed by atoms with Crippen LogP contribution in [0.4, 0.5) is 15.2 Å². The SMILES string of the molecule is CC(=O)Nc1ccc(-c2csc(NC(=O)[C@@H](N)C(C)(C)C)n2)c(F)c1. The van der Waals surface area contributed by atoms with Gasteiger partial charge in [-0.3, -0.25) is 9.59 Å². The standard InChI is InChI=1S/C17H21FN4O2S/c1-9(23)20-10-5-6-11(12(18)7-10)13-8-25-16(21-13)22-15(24)14(19)17(2,3)4/h5-8,14H,19H2,1-4H3,(H,20,23)(H,21,22,24)/t14-/m1/s1. The summed E-state index contributed by atoms with van der Waals surface area (Å²) in [6.45, 7) is 6.97. The Hall–Kier alpha value is -2.32. The van der Waals surface area contributed by atoms with Crippen molar-refractivity contribution in [1.29, 1.82) is 0 Å². The molecule has 4 N–H and O–H groups in total. The number of amides is 2. The highest BCUT2D eigenvalue weighted by Crippen LogP contribution is 2.29. The minimum Gasteiger partial charge on any atom is -0.326 e. The van der Waals surface area contributed by atoms with Crippen molar-refractivity contribution in [2.75, 3.05) is 10.6 Å². The fourth-order valence-electron chi connectivity index (χ4n) is 2.04. The van der Waals surface area contributed by atoms with Crippen LogP contribution in [0.15, 0.2) is 23.6 Å². The maximum atomic E-state index is 14.2.